The molecule has 4 aliphatic carbocycles. The molecule has 2 nitrogen and oxygen atoms in total. The quantitative estimate of drug-likeness (QED) is 0.630. The van der Waals surface area contributed by atoms with E-state index in [9.17, 15) is 9.59 Å². The number of fused-ring (bicyclic) bond motifs is 5. The van der Waals surface area contributed by atoms with Crippen LogP contribution in [0.15, 0.2) is 23.3 Å². The summed E-state index contributed by atoms with van der Waals surface area (Å²) in [5.41, 5.74) is 2.92. The third-order valence-corrected chi connectivity index (χ3v) is 7.05. The number of allylic oxidation sites excluding steroid dienone is 4. The normalized spacial score (nSPS) is 45.4. The minimum absolute atomic E-state index is 0.101. The van der Waals surface area contributed by atoms with Crippen molar-refractivity contribution in [2.24, 2.45) is 22.7 Å². The lowest BCUT2D eigenvalue weighted by Crippen LogP contribution is -2.44. The van der Waals surface area contributed by atoms with Crippen LogP contribution in [-0.2, 0) is 9.59 Å². The summed E-state index contributed by atoms with van der Waals surface area (Å²) in [5.74, 6) is 1.90. The van der Waals surface area contributed by atoms with Crippen molar-refractivity contribution in [3.05, 3.63) is 23.3 Å². The van der Waals surface area contributed by atoms with Crippen LogP contribution in [0.1, 0.15) is 58.8 Å². The van der Waals surface area contributed by atoms with Crippen LogP contribution in [0.2, 0.25) is 0 Å². The Morgan fingerprint density at radius 1 is 1.10 bits per heavy atom. The van der Waals surface area contributed by atoms with Gasteiger partial charge < -0.3 is 0 Å². The Balaban J connectivity index is 1.78. The van der Waals surface area contributed by atoms with Gasteiger partial charge in [0.1, 0.15) is 5.78 Å². The summed E-state index contributed by atoms with van der Waals surface area (Å²) in [6.07, 6.45) is 10.9. The maximum absolute atomic E-state index is 12.3. The van der Waals surface area contributed by atoms with Crippen LogP contribution in [0.4, 0.5) is 0 Å². The molecule has 0 aromatic carbocycles. The number of Topliss-reactive ketones (excluding diaryl/α,β-unsaturated/α-hetero) is 1. The van der Waals surface area contributed by atoms with Crippen molar-refractivity contribution in [3.8, 4) is 0 Å². The predicted octanol–water partition coefficient (Wildman–Crippen LogP) is 4.01. The molecule has 0 radical (unpaired) electrons. The summed E-state index contributed by atoms with van der Waals surface area (Å²) in [5, 5.41) is 0. The van der Waals surface area contributed by atoms with E-state index in [1.54, 1.807) is 5.57 Å². The zero-order chi connectivity index (χ0) is 14.8. The first-order valence-corrected chi connectivity index (χ1v) is 8.43. The lowest BCUT2D eigenvalue weighted by atomic mass is 9.52. The predicted molar refractivity (Wildman–Crippen MR) is 81.7 cm³/mol. The van der Waals surface area contributed by atoms with E-state index in [0.29, 0.717) is 29.8 Å². The summed E-state index contributed by atoms with van der Waals surface area (Å²) >= 11 is 0. The summed E-state index contributed by atoms with van der Waals surface area (Å²) in [7, 11) is 0. The molecule has 0 aromatic heterocycles. The highest BCUT2D eigenvalue weighted by molar-refractivity contribution is 5.92. The Morgan fingerprint density at radius 2 is 1.90 bits per heavy atom. The minimum atomic E-state index is -0.101. The molecule has 21 heavy (non-hydrogen) atoms. The Kier molecular flexibility index (Phi) is 2.68. The lowest BCUT2D eigenvalue weighted by molar-refractivity contribution is -0.127. The standard InChI is InChI=1S/C19H24O2/c1-18-9-7-13(20)11-12(18)3-4-14-15-5-6-17(21)19(15,2)10-8-16(14)18/h8,11,14-15H,3-7,9-10H2,1-2H3. The molecule has 2 fully saturated rings. The Labute approximate surface area is 126 Å². The topological polar surface area (TPSA) is 34.1 Å². The molecule has 2 heteroatoms. The van der Waals surface area contributed by atoms with Gasteiger partial charge in [0.25, 0.3) is 0 Å². The van der Waals surface area contributed by atoms with Gasteiger partial charge in [-0.1, -0.05) is 31.1 Å². The van der Waals surface area contributed by atoms with E-state index >= 15 is 0 Å². The SMILES string of the molecule is CC12CCC(=O)C=C1CCC1C2=CCC2(C)C(=O)CCC12. The molecule has 0 aromatic rings. The fourth-order valence-electron chi connectivity index (χ4n) is 5.64. The molecule has 0 heterocycles. The molecule has 0 N–H and O–H groups in total. The Hall–Kier alpha value is -1.18. The van der Waals surface area contributed by atoms with E-state index in [-0.39, 0.29) is 10.8 Å². The van der Waals surface area contributed by atoms with Crippen LogP contribution in [0.5, 0.6) is 0 Å². The summed E-state index contributed by atoms with van der Waals surface area (Å²) in [6, 6.07) is 0. The average Bonchev–Trinajstić information content (AvgIpc) is 2.76. The second kappa shape index (κ2) is 4.18. The Morgan fingerprint density at radius 3 is 2.71 bits per heavy atom. The van der Waals surface area contributed by atoms with Gasteiger partial charge in [0.05, 0.1) is 0 Å². The minimum Gasteiger partial charge on any atom is -0.299 e. The zero-order valence-electron chi connectivity index (χ0n) is 13.1. The van der Waals surface area contributed by atoms with Gasteiger partial charge in [0.15, 0.2) is 5.78 Å². The summed E-state index contributed by atoms with van der Waals surface area (Å²) in [4.78, 5) is 24.1. The molecular formula is C19H24O2. The van der Waals surface area contributed by atoms with Crippen molar-refractivity contribution in [3.63, 3.8) is 0 Å². The average molecular weight is 284 g/mol. The molecule has 4 rings (SSSR count). The number of ketones is 2. The number of carbonyl (C=O) groups excluding carboxylic acids is 2. The van der Waals surface area contributed by atoms with Crippen LogP contribution in [-0.4, -0.2) is 11.6 Å². The zero-order valence-corrected chi connectivity index (χ0v) is 13.1. The van der Waals surface area contributed by atoms with Crippen LogP contribution in [0, 0.1) is 22.7 Å². The molecule has 4 atom stereocenters. The third kappa shape index (κ3) is 1.65. The van der Waals surface area contributed by atoms with E-state index in [2.05, 4.69) is 19.9 Å². The highest BCUT2D eigenvalue weighted by Crippen LogP contribution is 2.62. The maximum atomic E-state index is 12.3. The van der Waals surface area contributed by atoms with E-state index in [1.807, 2.05) is 6.08 Å². The van der Waals surface area contributed by atoms with E-state index in [1.165, 1.54) is 5.57 Å². The largest absolute Gasteiger partial charge is 0.299 e. The van der Waals surface area contributed by atoms with E-state index < -0.39 is 0 Å². The second-order valence-corrected chi connectivity index (χ2v) is 7.96. The van der Waals surface area contributed by atoms with E-state index in [0.717, 1.165) is 38.5 Å². The van der Waals surface area contributed by atoms with Crippen molar-refractivity contribution in [1.29, 1.82) is 0 Å². The van der Waals surface area contributed by atoms with Crippen LogP contribution in [0.3, 0.4) is 0 Å². The first-order chi connectivity index (χ1) is 9.95. The molecule has 4 aliphatic rings. The molecule has 0 bridgehead atoms. The van der Waals surface area contributed by atoms with Crippen LogP contribution < -0.4 is 0 Å². The number of carbonyl (C=O) groups is 2. The third-order valence-electron chi connectivity index (χ3n) is 7.05. The molecule has 0 amide bonds. The smallest absolute Gasteiger partial charge is 0.155 e. The lowest BCUT2D eigenvalue weighted by Gasteiger charge is -2.52. The molecule has 2 saturated carbocycles. The molecule has 0 spiro atoms. The molecule has 112 valence electrons. The van der Waals surface area contributed by atoms with Crippen molar-refractivity contribution >= 4 is 11.6 Å². The van der Waals surface area contributed by atoms with Gasteiger partial charge in [-0.3, -0.25) is 9.59 Å². The monoisotopic (exact) mass is 284 g/mol. The summed E-state index contributed by atoms with van der Waals surface area (Å²) < 4.78 is 0. The van der Waals surface area contributed by atoms with E-state index in [4.69, 9.17) is 0 Å². The molecule has 0 aliphatic heterocycles. The first-order valence-electron chi connectivity index (χ1n) is 8.43. The van der Waals surface area contributed by atoms with Crippen molar-refractivity contribution < 1.29 is 9.59 Å². The van der Waals surface area contributed by atoms with Gasteiger partial charge in [-0.05, 0) is 50.0 Å². The van der Waals surface area contributed by atoms with Crippen molar-refractivity contribution in [2.45, 2.75) is 58.8 Å². The van der Waals surface area contributed by atoms with Gasteiger partial charge in [-0.25, -0.2) is 0 Å². The maximum Gasteiger partial charge on any atom is 0.155 e. The van der Waals surface area contributed by atoms with Gasteiger partial charge in [0, 0.05) is 23.7 Å². The second-order valence-electron chi connectivity index (χ2n) is 7.96. The highest BCUT2D eigenvalue weighted by atomic mass is 16.1. The van der Waals surface area contributed by atoms with Gasteiger partial charge in [-0.15, -0.1) is 0 Å². The Bertz CT molecular complexity index is 597. The number of hydrogen-bond acceptors (Lipinski definition) is 2. The van der Waals surface area contributed by atoms with Crippen molar-refractivity contribution in [2.75, 3.05) is 0 Å². The molecular weight excluding hydrogens is 260 g/mol. The van der Waals surface area contributed by atoms with Crippen molar-refractivity contribution in [1.82, 2.24) is 0 Å². The van der Waals surface area contributed by atoms with Crippen LogP contribution in [0.25, 0.3) is 0 Å². The molecule has 4 unspecified atom stereocenters. The van der Waals surface area contributed by atoms with Gasteiger partial charge in [-0.2, -0.15) is 0 Å². The molecule has 0 saturated heterocycles. The highest BCUT2D eigenvalue weighted by Gasteiger charge is 2.55. The number of rotatable bonds is 0. The summed E-state index contributed by atoms with van der Waals surface area (Å²) in [6.45, 7) is 4.53. The fraction of sp³-hybridized carbons (Fsp3) is 0.684. The van der Waals surface area contributed by atoms with Crippen LogP contribution >= 0.6 is 0 Å². The van der Waals surface area contributed by atoms with Gasteiger partial charge >= 0.3 is 0 Å². The first kappa shape index (κ1) is 13.5. The fourth-order valence-corrected chi connectivity index (χ4v) is 5.64. The number of hydrogen-bond donors (Lipinski definition) is 0. The van der Waals surface area contributed by atoms with Gasteiger partial charge in [0.2, 0.25) is 0 Å².